The average Bonchev–Trinajstić information content (AvgIpc) is 3.60. The Balaban J connectivity index is 1.10. The number of nitrogens with one attached hydrogen (secondary N) is 2. The molecule has 1 aromatic heterocycles. The number of ether oxygens (including phenoxy) is 1. The Morgan fingerprint density at radius 3 is 2.44 bits per heavy atom. The smallest absolute Gasteiger partial charge is 0.357 e. The number of halogens is 2. The molecule has 0 saturated carbocycles. The monoisotopic (exact) mass is 803 g/mol. The number of esters is 1. The van der Waals surface area contributed by atoms with Gasteiger partial charge in [-0.05, 0) is 74.0 Å². The summed E-state index contributed by atoms with van der Waals surface area (Å²) in [6.45, 7) is 3.26. The van der Waals surface area contributed by atoms with Crippen LogP contribution in [0, 0.1) is 0 Å². The number of benzene rings is 2. The summed E-state index contributed by atoms with van der Waals surface area (Å²) in [5, 5.41) is 18.5. The molecule has 0 radical (unpaired) electrons. The van der Waals surface area contributed by atoms with Gasteiger partial charge in [0.15, 0.2) is 10.8 Å². The first-order valence-corrected chi connectivity index (χ1v) is 18.0. The lowest BCUT2D eigenvalue weighted by molar-refractivity contribution is -0.133. The number of phenolic OH excluding ortho intramolecular Hbond substituents is 1. The van der Waals surface area contributed by atoms with E-state index in [0.29, 0.717) is 72.7 Å². The van der Waals surface area contributed by atoms with Gasteiger partial charge in [-0.15, -0.1) is 11.3 Å². The van der Waals surface area contributed by atoms with Gasteiger partial charge in [0, 0.05) is 69.3 Å². The third-order valence-electron chi connectivity index (χ3n) is 8.91. The van der Waals surface area contributed by atoms with Gasteiger partial charge in [-0.25, -0.2) is 19.4 Å². The first-order chi connectivity index (χ1) is 23.1. The Morgan fingerprint density at radius 2 is 1.75 bits per heavy atom. The van der Waals surface area contributed by atoms with Gasteiger partial charge in [0.05, 0.1) is 16.1 Å². The molecule has 2 saturated heterocycles. The number of para-hydroxylation sites is 1. The topological polar surface area (TPSA) is 148 Å². The van der Waals surface area contributed by atoms with E-state index in [2.05, 4.69) is 47.5 Å². The number of nitrogens with zero attached hydrogens (tertiary/aromatic N) is 5. The lowest BCUT2D eigenvalue weighted by atomic mass is 10.0. The van der Waals surface area contributed by atoms with E-state index < -0.39 is 12.0 Å². The van der Waals surface area contributed by atoms with Gasteiger partial charge in [0.2, 0.25) is 5.91 Å². The highest BCUT2D eigenvalue weighted by Gasteiger charge is 2.35. The van der Waals surface area contributed by atoms with Crippen molar-refractivity contribution >= 4 is 78.0 Å². The van der Waals surface area contributed by atoms with E-state index in [1.165, 1.54) is 18.4 Å². The number of hydrogen-bond acceptors (Lipinski definition) is 9. The molecule has 2 fully saturated rings. The van der Waals surface area contributed by atoms with Crippen molar-refractivity contribution in [3.05, 3.63) is 67.5 Å². The number of carbonyl (C=O) groups is 4. The normalized spacial score (nSPS) is 17.4. The zero-order chi connectivity index (χ0) is 33.9. The van der Waals surface area contributed by atoms with Gasteiger partial charge < -0.3 is 40.1 Å². The highest BCUT2D eigenvalue weighted by Crippen LogP contribution is 2.34. The summed E-state index contributed by atoms with van der Waals surface area (Å²) < 4.78 is 5.71. The molecular weight excluding hydrogens is 770 g/mol. The zero-order valence-corrected chi connectivity index (χ0v) is 30.1. The molecule has 16 heteroatoms. The lowest BCUT2D eigenvalue weighted by Crippen LogP contribution is -2.58. The van der Waals surface area contributed by atoms with Gasteiger partial charge >= 0.3 is 18.0 Å². The summed E-state index contributed by atoms with van der Waals surface area (Å²) in [6.07, 6.45) is 1.45. The number of likely N-dealkylation sites (tertiary alicyclic amines) is 1. The molecule has 2 aromatic carbocycles. The standard InChI is InChI=1S/C32H35Br2N7O6S/c1-47-29(44)26-18-48-32(37-26)40-12-10-38(11-13-40)28(43)25(16-19-14-22(33)27(42)23(34)15-19)36-30(45)39-8-6-21(7-9-39)41-17-20-4-2-3-5-24(20)35-31(41)46/h2-5,14-15,18,21,25,42H,6-13,16-17H2,1H3,(H,35,46)(H,36,45)/t25-/m1/s1. The lowest BCUT2D eigenvalue weighted by Gasteiger charge is -2.41. The van der Waals surface area contributed by atoms with Crippen molar-refractivity contribution < 1.29 is 29.0 Å². The van der Waals surface area contributed by atoms with Crippen molar-refractivity contribution in [3.8, 4) is 5.75 Å². The number of amides is 5. The molecular formula is C32H35Br2N7O6S. The van der Waals surface area contributed by atoms with E-state index >= 15 is 0 Å². The molecule has 0 aliphatic carbocycles. The van der Waals surface area contributed by atoms with Gasteiger partial charge in [0.25, 0.3) is 0 Å². The van der Waals surface area contributed by atoms with Crippen LogP contribution in [-0.4, -0.2) is 107 Å². The minimum atomic E-state index is -0.861. The summed E-state index contributed by atoms with van der Waals surface area (Å²) in [5.41, 5.74) is 2.89. The number of thiazole rings is 1. The van der Waals surface area contributed by atoms with E-state index in [4.69, 9.17) is 4.74 Å². The Bertz CT molecular complexity index is 1680. The Labute approximate surface area is 298 Å². The fourth-order valence-corrected chi connectivity index (χ4v) is 8.39. The van der Waals surface area contributed by atoms with Crippen LogP contribution in [0.1, 0.15) is 34.5 Å². The van der Waals surface area contributed by atoms with Crippen molar-refractivity contribution in [1.82, 2.24) is 25.0 Å². The van der Waals surface area contributed by atoms with Crippen molar-refractivity contribution in [2.75, 3.05) is 56.6 Å². The first kappa shape index (κ1) is 34.0. The largest absolute Gasteiger partial charge is 0.506 e. The fourth-order valence-electron chi connectivity index (χ4n) is 6.26. The summed E-state index contributed by atoms with van der Waals surface area (Å²) >= 11 is 8.08. The second kappa shape index (κ2) is 14.7. The zero-order valence-electron chi connectivity index (χ0n) is 26.2. The van der Waals surface area contributed by atoms with Crippen LogP contribution in [0.4, 0.5) is 20.4 Å². The maximum atomic E-state index is 14.0. The third kappa shape index (κ3) is 7.39. The quantitative estimate of drug-likeness (QED) is 0.293. The molecule has 0 spiro atoms. The fraction of sp³-hybridized carbons (Fsp3) is 0.406. The third-order valence-corrected chi connectivity index (χ3v) is 11.0. The van der Waals surface area contributed by atoms with Crippen molar-refractivity contribution in [2.24, 2.45) is 0 Å². The molecule has 13 nitrogen and oxygen atoms in total. The van der Waals surface area contributed by atoms with E-state index in [1.54, 1.807) is 27.3 Å². The molecule has 3 aliphatic heterocycles. The number of methoxy groups -OCH3 is 1. The Kier molecular flexibility index (Phi) is 10.4. The maximum Gasteiger partial charge on any atom is 0.357 e. The van der Waals surface area contributed by atoms with Crippen LogP contribution >= 0.6 is 43.2 Å². The summed E-state index contributed by atoms with van der Waals surface area (Å²) in [7, 11) is 1.31. The van der Waals surface area contributed by atoms with Crippen LogP contribution in [0.25, 0.3) is 0 Å². The summed E-state index contributed by atoms with van der Waals surface area (Å²) in [4.78, 5) is 64.0. The Hall–Kier alpha value is -3.89. The van der Waals surface area contributed by atoms with Crippen LogP contribution in [0.2, 0.25) is 0 Å². The number of phenols is 1. The highest BCUT2D eigenvalue weighted by molar-refractivity contribution is 9.11. The first-order valence-electron chi connectivity index (χ1n) is 15.6. The molecule has 1 atom stereocenters. The number of fused-ring (bicyclic) bond motifs is 1. The average molecular weight is 806 g/mol. The second-order valence-electron chi connectivity index (χ2n) is 11.9. The number of rotatable bonds is 7. The molecule has 0 bridgehead atoms. The molecule has 6 rings (SSSR count). The number of aromatic nitrogens is 1. The minimum absolute atomic E-state index is 0.00985. The number of hydrogen-bond donors (Lipinski definition) is 3. The number of carbonyl (C=O) groups excluding carboxylic acids is 4. The van der Waals surface area contributed by atoms with Crippen LogP contribution in [0.15, 0.2) is 50.7 Å². The summed E-state index contributed by atoms with van der Waals surface area (Å²) in [5.74, 6) is -0.659. The van der Waals surface area contributed by atoms with Crippen LogP contribution < -0.4 is 15.5 Å². The van der Waals surface area contributed by atoms with Crippen molar-refractivity contribution in [2.45, 2.75) is 37.9 Å². The SMILES string of the molecule is COC(=O)c1csc(N2CCN(C(=O)[C@@H](Cc3cc(Br)c(O)c(Br)c3)NC(=O)N3CCC(N4Cc5ccccc5NC4=O)CC3)CC2)n1. The van der Waals surface area contributed by atoms with E-state index in [1.807, 2.05) is 34.1 Å². The molecule has 3 aromatic rings. The van der Waals surface area contributed by atoms with Crippen LogP contribution in [0.3, 0.4) is 0 Å². The maximum absolute atomic E-state index is 14.0. The number of aromatic hydroxyl groups is 1. The Morgan fingerprint density at radius 1 is 1.06 bits per heavy atom. The number of anilines is 2. The van der Waals surface area contributed by atoms with Crippen LogP contribution in [-0.2, 0) is 22.5 Å². The van der Waals surface area contributed by atoms with Crippen molar-refractivity contribution in [3.63, 3.8) is 0 Å². The second-order valence-corrected chi connectivity index (χ2v) is 14.4. The number of piperidine rings is 1. The van der Waals surface area contributed by atoms with Gasteiger partial charge in [0.1, 0.15) is 11.8 Å². The molecule has 4 heterocycles. The van der Waals surface area contributed by atoms with E-state index in [0.717, 1.165) is 16.8 Å². The predicted molar refractivity (Wildman–Crippen MR) is 187 cm³/mol. The predicted octanol–water partition coefficient (Wildman–Crippen LogP) is 4.64. The summed E-state index contributed by atoms with van der Waals surface area (Å²) in [6, 6.07) is 9.89. The highest BCUT2D eigenvalue weighted by atomic mass is 79.9. The van der Waals surface area contributed by atoms with E-state index in [9.17, 15) is 24.3 Å². The van der Waals surface area contributed by atoms with Crippen molar-refractivity contribution in [1.29, 1.82) is 0 Å². The molecule has 0 unspecified atom stereocenters. The molecule has 48 heavy (non-hydrogen) atoms. The van der Waals surface area contributed by atoms with Gasteiger partial charge in [-0.1, -0.05) is 18.2 Å². The van der Waals surface area contributed by atoms with Gasteiger partial charge in [-0.2, -0.15) is 0 Å². The van der Waals surface area contributed by atoms with Gasteiger partial charge in [-0.3, -0.25) is 4.79 Å². The minimum Gasteiger partial charge on any atom is -0.506 e. The molecule has 3 aliphatic rings. The van der Waals surface area contributed by atoms with Crippen LogP contribution in [0.5, 0.6) is 5.75 Å². The van der Waals surface area contributed by atoms with E-state index in [-0.39, 0.29) is 41.9 Å². The number of piperazine rings is 1. The molecule has 5 amide bonds. The molecule has 3 N–H and O–H groups in total. The molecule has 254 valence electrons. The number of urea groups is 2.